The topological polar surface area (TPSA) is 41.6 Å². The number of nitrogens with zero attached hydrogens (tertiary/aromatic N) is 2. The molecular weight excluding hydrogens is 252 g/mol. The van der Waals surface area contributed by atoms with E-state index in [1.807, 2.05) is 5.10 Å². The summed E-state index contributed by atoms with van der Waals surface area (Å²) in [5, 5.41) is 4.73. The predicted octanol–water partition coefficient (Wildman–Crippen LogP) is 3.00. The molecule has 92 valence electrons. The van der Waals surface area contributed by atoms with Crippen LogP contribution in [0.15, 0.2) is 12.3 Å². The first-order valence-corrected chi connectivity index (χ1v) is 4.18. The lowest BCUT2D eigenvalue weighted by Crippen LogP contribution is -2.13. The van der Waals surface area contributed by atoms with Crippen molar-refractivity contribution in [2.45, 2.75) is 12.4 Å². The molecular formula is C8H3F6N3. The Morgan fingerprint density at radius 1 is 1.00 bits per heavy atom. The summed E-state index contributed by atoms with van der Waals surface area (Å²) < 4.78 is 74.6. The van der Waals surface area contributed by atoms with Gasteiger partial charge in [-0.2, -0.15) is 31.4 Å². The number of fused-ring (bicyclic) bond motifs is 1. The fourth-order valence-corrected chi connectivity index (χ4v) is 1.31. The molecule has 0 saturated heterocycles. The molecule has 0 spiro atoms. The van der Waals surface area contributed by atoms with Crippen molar-refractivity contribution in [1.82, 2.24) is 15.2 Å². The summed E-state index contributed by atoms with van der Waals surface area (Å²) in [6.07, 6.45) is -9.06. The molecule has 0 radical (unpaired) electrons. The van der Waals surface area contributed by atoms with Crippen LogP contribution in [0, 0.1) is 0 Å². The van der Waals surface area contributed by atoms with Gasteiger partial charge in [0.25, 0.3) is 0 Å². The fraction of sp³-hybridized carbons (Fsp3) is 0.250. The molecule has 0 amide bonds. The first-order chi connectivity index (χ1) is 7.69. The molecule has 17 heavy (non-hydrogen) atoms. The minimum atomic E-state index is -4.95. The number of halogens is 6. The Morgan fingerprint density at radius 3 is 2.18 bits per heavy atom. The highest BCUT2D eigenvalue weighted by Gasteiger charge is 2.39. The SMILES string of the molecule is FC(F)(F)c1cc(C(F)(F)F)c2cn[nH]c2n1. The van der Waals surface area contributed by atoms with Crippen molar-refractivity contribution in [1.29, 1.82) is 0 Å². The van der Waals surface area contributed by atoms with Crippen LogP contribution in [-0.2, 0) is 12.4 Å². The lowest BCUT2D eigenvalue weighted by molar-refractivity contribution is -0.144. The Labute approximate surface area is 89.5 Å². The van der Waals surface area contributed by atoms with E-state index in [0.717, 1.165) is 6.20 Å². The van der Waals surface area contributed by atoms with Crippen LogP contribution in [0.25, 0.3) is 11.0 Å². The van der Waals surface area contributed by atoms with Gasteiger partial charge in [0.05, 0.1) is 17.1 Å². The number of hydrogen-bond donors (Lipinski definition) is 1. The highest BCUT2D eigenvalue weighted by atomic mass is 19.4. The zero-order chi connectivity index (χ0) is 12.8. The van der Waals surface area contributed by atoms with Gasteiger partial charge in [0.15, 0.2) is 5.65 Å². The van der Waals surface area contributed by atoms with Crippen molar-refractivity contribution in [2.24, 2.45) is 0 Å². The highest BCUT2D eigenvalue weighted by Crippen LogP contribution is 2.37. The standard InChI is InChI=1S/C8H3F6N3/c9-7(10,11)4-1-5(8(12,13)14)16-6-3(4)2-15-17-6/h1-2H,(H,15,16,17). The van der Waals surface area contributed by atoms with Gasteiger partial charge in [0.2, 0.25) is 0 Å². The molecule has 3 nitrogen and oxygen atoms in total. The first-order valence-electron chi connectivity index (χ1n) is 4.18. The zero-order valence-corrected chi connectivity index (χ0v) is 7.82. The van der Waals surface area contributed by atoms with E-state index in [-0.39, 0.29) is 6.07 Å². The van der Waals surface area contributed by atoms with Crippen molar-refractivity contribution in [3.8, 4) is 0 Å². The molecule has 9 heteroatoms. The quantitative estimate of drug-likeness (QED) is 0.735. The number of alkyl halides is 6. The highest BCUT2D eigenvalue weighted by molar-refractivity contribution is 5.79. The van der Waals surface area contributed by atoms with E-state index in [4.69, 9.17) is 0 Å². The Morgan fingerprint density at radius 2 is 1.65 bits per heavy atom. The predicted molar refractivity (Wildman–Crippen MR) is 43.9 cm³/mol. The van der Waals surface area contributed by atoms with Crippen LogP contribution in [0.3, 0.4) is 0 Å². The maximum absolute atomic E-state index is 12.5. The summed E-state index contributed by atoms with van der Waals surface area (Å²) in [6.45, 7) is 0. The average Bonchev–Trinajstić information content (AvgIpc) is 2.59. The van der Waals surface area contributed by atoms with Gasteiger partial charge >= 0.3 is 12.4 Å². The van der Waals surface area contributed by atoms with E-state index in [0.29, 0.717) is 0 Å². The summed E-state index contributed by atoms with van der Waals surface area (Å²) in [5.74, 6) is 0. The number of rotatable bonds is 0. The van der Waals surface area contributed by atoms with E-state index in [1.54, 1.807) is 0 Å². The molecule has 2 aromatic heterocycles. The minimum absolute atomic E-state index is 0.0299. The maximum atomic E-state index is 12.5. The van der Waals surface area contributed by atoms with E-state index in [1.165, 1.54) is 0 Å². The lowest BCUT2D eigenvalue weighted by atomic mass is 10.1. The van der Waals surface area contributed by atoms with Crippen molar-refractivity contribution in [3.63, 3.8) is 0 Å². The number of H-pyrrole nitrogens is 1. The third-order valence-electron chi connectivity index (χ3n) is 2.02. The molecule has 2 aromatic rings. The average molecular weight is 255 g/mol. The number of nitrogens with one attached hydrogen (secondary N) is 1. The molecule has 0 saturated carbocycles. The zero-order valence-electron chi connectivity index (χ0n) is 7.82. The maximum Gasteiger partial charge on any atom is 0.433 e. The summed E-state index contributed by atoms with van der Waals surface area (Å²) in [7, 11) is 0. The summed E-state index contributed by atoms with van der Waals surface area (Å²) in [4.78, 5) is 3.04. The smallest absolute Gasteiger partial charge is 0.261 e. The Kier molecular flexibility index (Phi) is 2.30. The van der Waals surface area contributed by atoms with E-state index < -0.39 is 34.6 Å². The number of aromatic nitrogens is 3. The van der Waals surface area contributed by atoms with Crippen LogP contribution >= 0.6 is 0 Å². The molecule has 0 aliphatic carbocycles. The molecule has 0 fully saturated rings. The lowest BCUT2D eigenvalue weighted by Gasteiger charge is -2.11. The second kappa shape index (κ2) is 3.34. The molecule has 2 heterocycles. The second-order valence-electron chi connectivity index (χ2n) is 3.18. The molecule has 2 rings (SSSR count). The van der Waals surface area contributed by atoms with Gasteiger partial charge in [-0.25, -0.2) is 4.98 Å². The number of hydrogen-bond acceptors (Lipinski definition) is 2. The Balaban J connectivity index is 2.76. The van der Waals surface area contributed by atoms with Gasteiger partial charge in [-0.1, -0.05) is 0 Å². The van der Waals surface area contributed by atoms with Gasteiger partial charge in [0.1, 0.15) is 5.69 Å². The fourth-order valence-electron chi connectivity index (χ4n) is 1.31. The molecule has 0 unspecified atom stereocenters. The van der Waals surface area contributed by atoms with Crippen molar-refractivity contribution < 1.29 is 26.3 Å². The van der Waals surface area contributed by atoms with Crippen LogP contribution in [0.5, 0.6) is 0 Å². The van der Waals surface area contributed by atoms with Crippen molar-refractivity contribution >= 4 is 11.0 Å². The molecule has 0 aliphatic rings. The summed E-state index contributed by atoms with van der Waals surface area (Å²) >= 11 is 0. The van der Waals surface area contributed by atoms with Gasteiger partial charge in [-0.15, -0.1) is 0 Å². The molecule has 0 atom stereocenters. The first kappa shape index (κ1) is 11.7. The van der Waals surface area contributed by atoms with Crippen LogP contribution in [0.4, 0.5) is 26.3 Å². The van der Waals surface area contributed by atoms with Crippen LogP contribution in [0.1, 0.15) is 11.3 Å². The normalized spacial score (nSPS) is 13.3. The number of aromatic amines is 1. The second-order valence-corrected chi connectivity index (χ2v) is 3.18. The van der Waals surface area contributed by atoms with Crippen LogP contribution in [-0.4, -0.2) is 15.2 Å². The van der Waals surface area contributed by atoms with Gasteiger partial charge in [-0.3, -0.25) is 5.10 Å². The van der Waals surface area contributed by atoms with Crippen LogP contribution < -0.4 is 0 Å². The third kappa shape index (κ3) is 2.04. The Hall–Kier alpha value is -1.80. The van der Waals surface area contributed by atoms with E-state index >= 15 is 0 Å². The van der Waals surface area contributed by atoms with E-state index in [9.17, 15) is 26.3 Å². The Bertz CT molecular complexity index is 552. The molecule has 0 aliphatic heterocycles. The monoisotopic (exact) mass is 255 g/mol. The summed E-state index contributed by atoms with van der Waals surface area (Å²) in [5.41, 5.74) is -3.57. The third-order valence-corrected chi connectivity index (χ3v) is 2.02. The van der Waals surface area contributed by atoms with Gasteiger partial charge in [0, 0.05) is 0 Å². The van der Waals surface area contributed by atoms with Crippen LogP contribution in [0.2, 0.25) is 0 Å². The minimum Gasteiger partial charge on any atom is -0.261 e. The van der Waals surface area contributed by atoms with Gasteiger partial charge < -0.3 is 0 Å². The van der Waals surface area contributed by atoms with Crippen molar-refractivity contribution in [2.75, 3.05) is 0 Å². The molecule has 0 aromatic carbocycles. The molecule has 0 bridgehead atoms. The van der Waals surface area contributed by atoms with E-state index in [2.05, 4.69) is 10.1 Å². The summed E-state index contributed by atoms with van der Waals surface area (Å²) in [6, 6.07) is -0.0299. The van der Waals surface area contributed by atoms with Crippen molar-refractivity contribution in [3.05, 3.63) is 23.5 Å². The molecule has 1 N–H and O–H groups in total. The largest absolute Gasteiger partial charge is 0.433 e. The van der Waals surface area contributed by atoms with Gasteiger partial charge in [-0.05, 0) is 6.07 Å². The number of pyridine rings is 1.